The van der Waals surface area contributed by atoms with Crippen LogP contribution in [0.2, 0.25) is 0 Å². The summed E-state index contributed by atoms with van der Waals surface area (Å²) in [5.41, 5.74) is 7.68. The number of nitrogens with one attached hydrogen (secondary N) is 2. The molecule has 1 amide bonds. The molecular formula is C14H19N2O5-. The van der Waals surface area contributed by atoms with Crippen molar-refractivity contribution in [2.45, 2.75) is 13.5 Å². The van der Waals surface area contributed by atoms with Gasteiger partial charge in [0.15, 0.2) is 0 Å². The largest absolute Gasteiger partial charge is 0.676 e. The van der Waals surface area contributed by atoms with Crippen molar-refractivity contribution in [2.24, 2.45) is 0 Å². The molecule has 2 N–H and O–H groups in total. The summed E-state index contributed by atoms with van der Waals surface area (Å²) in [6, 6.07) is 6.66. The normalized spacial score (nSPS) is 10.0. The van der Waals surface area contributed by atoms with Gasteiger partial charge in [-0.25, -0.2) is 4.79 Å². The van der Waals surface area contributed by atoms with Crippen molar-refractivity contribution in [1.82, 2.24) is 5.32 Å². The molecule has 1 aromatic carbocycles. The summed E-state index contributed by atoms with van der Waals surface area (Å²) in [5.74, 6) is 0.0495. The van der Waals surface area contributed by atoms with Crippen LogP contribution in [0.5, 0.6) is 5.75 Å². The van der Waals surface area contributed by atoms with Crippen LogP contribution in [0.25, 0.3) is 5.73 Å². The number of amides is 1. The van der Waals surface area contributed by atoms with Crippen LogP contribution >= 0.6 is 0 Å². The number of ether oxygens (including phenoxy) is 3. The van der Waals surface area contributed by atoms with E-state index in [1.807, 2.05) is 0 Å². The fourth-order valence-electron chi connectivity index (χ4n) is 1.38. The fourth-order valence-corrected chi connectivity index (χ4v) is 1.38. The zero-order chi connectivity index (χ0) is 15.5. The Kier molecular flexibility index (Phi) is 7.85. The van der Waals surface area contributed by atoms with E-state index in [0.717, 1.165) is 5.56 Å². The summed E-state index contributed by atoms with van der Waals surface area (Å²) < 4.78 is 14.9. The highest BCUT2D eigenvalue weighted by Crippen LogP contribution is 2.13. The molecule has 0 aliphatic heterocycles. The highest BCUT2D eigenvalue weighted by Gasteiger charge is 2.04. The minimum Gasteiger partial charge on any atom is -0.676 e. The number of esters is 1. The average molecular weight is 295 g/mol. The second-order valence-corrected chi connectivity index (χ2v) is 4.10. The van der Waals surface area contributed by atoms with E-state index in [2.05, 4.69) is 5.32 Å². The Labute approximate surface area is 123 Å². The quantitative estimate of drug-likeness (QED) is 0.583. The molecule has 0 atom stereocenters. The van der Waals surface area contributed by atoms with Crippen molar-refractivity contribution in [3.63, 3.8) is 0 Å². The molecule has 0 aliphatic carbocycles. The van der Waals surface area contributed by atoms with Crippen molar-refractivity contribution in [1.29, 1.82) is 0 Å². The molecule has 0 fully saturated rings. The lowest BCUT2D eigenvalue weighted by atomic mass is 10.2. The van der Waals surface area contributed by atoms with E-state index in [0.29, 0.717) is 25.5 Å². The van der Waals surface area contributed by atoms with Crippen LogP contribution < -0.4 is 10.1 Å². The summed E-state index contributed by atoms with van der Waals surface area (Å²) >= 11 is 0. The van der Waals surface area contributed by atoms with E-state index in [9.17, 15) is 9.59 Å². The molecule has 0 aliphatic rings. The molecule has 116 valence electrons. The third kappa shape index (κ3) is 7.91. The molecule has 1 rings (SSSR count). The molecule has 0 heterocycles. The monoisotopic (exact) mass is 295 g/mol. The van der Waals surface area contributed by atoms with E-state index in [1.54, 1.807) is 24.3 Å². The van der Waals surface area contributed by atoms with Crippen LogP contribution in [0.15, 0.2) is 24.3 Å². The second-order valence-electron chi connectivity index (χ2n) is 4.10. The summed E-state index contributed by atoms with van der Waals surface area (Å²) in [4.78, 5) is 22.1. The molecule has 0 radical (unpaired) electrons. The van der Waals surface area contributed by atoms with Gasteiger partial charge in [-0.3, -0.25) is 4.79 Å². The van der Waals surface area contributed by atoms with Gasteiger partial charge in [0, 0.05) is 20.1 Å². The molecule has 0 spiro atoms. The van der Waals surface area contributed by atoms with Crippen LogP contribution in [0.4, 0.5) is 4.79 Å². The van der Waals surface area contributed by atoms with Crippen molar-refractivity contribution >= 4 is 12.1 Å². The summed E-state index contributed by atoms with van der Waals surface area (Å²) in [6.07, 6.45) is -0.572. The fraction of sp³-hybridized carbons (Fsp3) is 0.429. The van der Waals surface area contributed by atoms with Crippen molar-refractivity contribution < 1.29 is 23.8 Å². The van der Waals surface area contributed by atoms with Gasteiger partial charge in [0.05, 0.1) is 6.61 Å². The summed E-state index contributed by atoms with van der Waals surface area (Å²) in [6.45, 7) is 2.74. The van der Waals surface area contributed by atoms with E-state index >= 15 is 0 Å². The Morgan fingerprint density at radius 1 is 1.19 bits per heavy atom. The lowest BCUT2D eigenvalue weighted by molar-refractivity contribution is -0.142. The average Bonchev–Trinajstić information content (AvgIpc) is 2.46. The van der Waals surface area contributed by atoms with Crippen LogP contribution in [-0.4, -0.2) is 38.4 Å². The Morgan fingerprint density at radius 3 is 2.52 bits per heavy atom. The first-order valence-electron chi connectivity index (χ1n) is 6.52. The smallest absolute Gasteiger partial charge is 0.412 e. The molecule has 1 aromatic rings. The number of benzene rings is 1. The molecule has 0 unspecified atom stereocenters. The lowest BCUT2D eigenvalue weighted by Gasteiger charge is -2.08. The van der Waals surface area contributed by atoms with Gasteiger partial charge in [0.2, 0.25) is 0 Å². The lowest BCUT2D eigenvalue weighted by Crippen LogP contribution is -2.30. The minimum absolute atomic E-state index is 0.190. The number of hydrogen-bond donors (Lipinski definition) is 1. The van der Waals surface area contributed by atoms with Gasteiger partial charge in [0.25, 0.3) is 0 Å². The summed E-state index contributed by atoms with van der Waals surface area (Å²) in [5, 5.41) is 2.53. The van der Waals surface area contributed by atoms with E-state index in [4.69, 9.17) is 19.9 Å². The molecule has 0 saturated carbocycles. The first kappa shape index (κ1) is 16.9. The van der Waals surface area contributed by atoms with Gasteiger partial charge in [-0.15, -0.1) is 6.54 Å². The van der Waals surface area contributed by atoms with E-state index in [1.165, 1.54) is 6.92 Å². The zero-order valence-electron chi connectivity index (χ0n) is 11.9. The van der Waals surface area contributed by atoms with Crippen LogP contribution in [0.3, 0.4) is 0 Å². The third-order valence-corrected chi connectivity index (χ3v) is 2.34. The Hall–Kier alpha value is -2.12. The zero-order valence-corrected chi connectivity index (χ0v) is 11.9. The number of rotatable bonds is 8. The first-order valence-corrected chi connectivity index (χ1v) is 6.52. The molecule has 7 nitrogen and oxygen atoms in total. The van der Waals surface area contributed by atoms with Gasteiger partial charge in [-0.05, 0) is 17.7 Å². The van der Waals surface area contributed by atoms with Crippen molar-refractivity contribution in [3.8, 4) is 5.75 Å². The van der Waals surface area contributed by atoms with Crippen LogP contribution in [0.1, 0.15) is 12.5 Å². The van der Waals surface area contributed by atoms with Gasteiger partial charge in [0.1, 0.15) is 12.4 Å². The minimum atomic E-state index is -0.572. The Balaban J connectivity index is 2.27. The third-order valence-electron chi connectivity index (χ3n) is 2.34. The van der Waals surface area contributed by atoms with Crippen molar-refractivity contribution in [2.75, 3.05) is 26.3 Å². The van der Waals surface area contributed by atoms with Gasteiger partial charge in [-0.1, -0.05) is 12.1 Å². The van der Waals surface area contributed by atoms with Gasteiger partial charge >= 0.3 is 12.1 Å². The predicted octanol–water partition coefficient (Wildman–Crippen LogP) is 1.91. The molecule has 0 bridgehead atoms. The van der Waals surface area contributed by atoms with Crippen molar-refractivity contribution in [3.05, 3.63) is 35.6 Å². The first-order chi connectivity index (χ1) is 10.1. The molecule has 7 heteroatoms. The highest BCUT2D eigenvalue weighted by molar-refractivity contribution is 5.70. The van der Waals surface area contributed by atoms with E-state index in [-0.39, 0.29) is 19.1 Å². The maximum Gasteiger partial charge on any atom is 0.412 e. The van der Waals surface area contributed by atoms with E-state index < -0.39 is 6.09 Å². The molecule has 0 aromatic heterocycles. The van der Waals surface area contributed by atoms with Crippen LogP contribution in [0, 0.1) is 0 Å². The molecular weight excluding hydrogens is 276 g/mol. The van der Waals surface area contributed by atoms with Crippen LogP contribution in [-0.2, 0) is 20.9 Å². The van der Waals surface area contributed by atoms with Gasteiger partial charge in [-0.2, -0.15) is 0 Å². The van der Waals surface area contributed by atoms with Gasteiger partial charge < -0.3 is 25.3 Å². The predicted molar refractivity (Wildman–Crippen MR) is 75.9 cm³/mol. The highest BCUT2D eigenvalue weighted by atomic mass is 16.6. The maximum absolute atomic E-state index is 11.4. The number of hydrogen-bond acceptors (Lipinski definition) is 5. The standard InChI is InChI=1S/C14H19N2O5/c1-11(17)20-10-12-2-4-13(5-3-12)21-14(18)16-7-9-19-8-6-15/h2-5,15H,6-10H2,1H3,(H,16,18)/q-1. The Morgan fingerprint density at radius 2 is 1.90 bits per heavy atom. The number of carbonyl (C=O) groups excluding carboxylic acids is 2. The topological polar surface area (TPSA) is 97.7 Å². The summed E-state index contributed by atoms with van der Waals surface area (Å²) in [7, 11) is 0. The SMILES string of the molecule is CC(=O)OCc1ccc(OC(=O)NCCOCC[NH-])cc1. The maximum atomic E-state index is 11.4. The number of carbonyl (C=O) groups is 2. The molecule has 21 heavy (non-hydrogen) atoms. The molecule has 0 saturated heterocycles. The Bertz CT molecular complexity index is 447. The second kappa shape index (κ2) is 9.73.